The number of anilines is 2. The van der Waals surface area contributed by atoms with Crippen molar-refractivity contribution in [2.75, 3.05) is 29.9 Å². The average Bonchev–Trinajstić information content (AvgIpc) is 2.37. The van der Waals surface area contributed by atoms with E-state index in [2.05, 4.69) is 10.2 Å². The summed E-state index contributed by atoms with van der Waals surface area (Å²) in [5.74, 6) is -0.00309. The smallest absolute Gasteiger partial charge is 0.226 e. The zero-order chi connectivity index (χ0) is 13.5. The van der Waals surface area contributed by atoms with Crippen molar-refractivity contribution < 1.29 is 9.90 Å². The van der Waals surface area contributed by atoms with E-state index in [1.165, 1.54) is 0 Å². The molecule has 2 N–H and O–H groups in total. The third kappa shape index (κ3) is 4.04. The van der Waals surface area contributed by atoms with Crippen LogP contribution in [0.3, 0.4) is 0 Å². The number of rotatable bonds is 6. The van der Waals surface area contributed by atoms with Crippen LogP contribution in [0.15, 0.2) is 24.3 Å². The first-order valence-corrected chi connectivity index (χ1v) is 6.35. The standard InChI is InChI=1S/C14H22N2O2/c1-4-16(9-10-17)13-7-5-12(6-8-13)15-14(18)11(2)3/h5-8,11,17H,4,9-10H2,1-3H3,(H,15,18). The lowest BCUT2D eigenvalue weighted by Gasteiger charge is -2.22. The molecule has 0 saturated carbocycles. The summed E-state index contributed by atoms with van der Waals surface area (Å²) in [4.78, 5) is 13.6. The van der Waals surface area contributed by atoms with E-state index in [0.717, 1.165) is 17.9 Å². The number of hydrogen-bond donors (Lipinski definition) is 2. The largest absolute Gasteiger partial charge is 0.395 e. The zero-order valence-corrected chi connectivity index (χ0v) is 11.3. The Balaban J connectivity index is 2.70. The number of nitrogens with one attached hydrogen (secondary N) is 1. The maximum absolute atomic E-state index is 11.5. The van der Waals surface area contributed by atoms with Crippen LogP contribution in [-0.4, -0.2) is 30.7 Å². The number of aliphatic hydroxyl groups excluding tert-OH is 1. The van der Waals surface area contributed by atoms with E-state index in [0.29, 0.717) is 6.54 Å². The van der Waals surface area contributed by atoms with Gasteiger partial charge in [0.2, 0.25) is 5.91 Å². The van der Waals surface area contributed by atoms with Gasteiger partial charge in [-0.2, -0.15) is 0 Å². The highest BCUT2D eigenvalue weighted by Crippen LogP contribution is 2.18. The van der Waals surface area contributed by atoms with Crippen molar-refractivity contribution in [1.29, 1.82) is 0 Å². The molecular formula is C14H22N2O2. The number of benzene rings is 1. The lowest BCUT2D eigenvalue weighted by atomic mass is 10.2. The fourth-order valence-electron chi connectivity index (χ4n) is 1.63. The number of nitrogens with zero attached hydrogens (tertiary/aromatic N) is 1. The van der Waals surface area contributed by atoms with Gasteiger partial charge in [0.1, 0.15) is 0 Å². The Morgan fingerprint density at radius 3 is 2.39 bits per heavy atom. The molecule has 4 heteroatoms. The van der Waals surface area contributed by atoms with E-state index in [-0.39, 0.29) is 18.4 Å². The fraction of sp³-hybridized carbons (Fsp3) is 0.500. The van der Waals surface area contributed by atoms with Crippen LogP contribution in [0.4, 0.5) is 11.4 Å². The number of amides is 1. The molecule has 100 valence electrons. The van der Waals surface area contributed by atoms with Crippen molar-refractivity contribution in [2.24, 2.45) is 5.92 Å². The van der Waals surface area contributed by atoms with Crippen LogP contribution in [0.2, 0.25) is 0 Å². The van der Waals surface area contributed by atoms with Crippen molar-refractivity contribution in [1.82, 2.24) is 0 Å². The first-order chi connectivity index (χ1) is 8.58. The van der Waals surface area contributed by atoms with Gasteiger partial charge in [-0.1, -0.05) is 13.8 Å². The van der Waals surface area contributed by atoms with Crippen LogP contribution in [0.1, 0.15) is 20.8 Å². The highest BCUT2D eigenvalue weighted by molar-refractivity contribution is 5.92. The molecule has 0 heterocycles. The molecule has 0 aromatic heterocycles. The van der Waals surface area contributed by atoms with E-state index < -0.39 is 0 Å². The highest BCUT2D eigenvalue weighted by Gasteiger charge is 2.07. The van der Waals surface area contributed by atoms with E-state index >= 15 is 0 Å². The molecule has 0 aliphatic heterocycles. The molecule has 1 aromatic carbocycles. The predicted molar refractivity (Wildman–Crippen MR) is 74.9 cm³/mol. The van der Waals surface area contributed by atoms with Crippen LogP contribution >= 0.6 is 0 Å². The number of carbonyl (C=O) groups excluding carboxylic acids is 1. The van der Waals surface area contributed by atoms with Gasteiger partial charge < -0.3 is 15.3 Å². The Hall–Kier alpha value is -1.55. The normalized spacial score (nSPS) is 10.5. The molecule has 0 bridgehead atoms. The summed E-state index contributed by atoms with van der Waals surface area (Å²) in [5, 5.41) is 11.8. The summed E-state index contributed by atoms with van der Waals surface area (Å²) < 4.78 is 0. The minimum absolute atomic E-state index is 0.0189. The summed E-state index contributed by atoms with van der Waals surface area (Å²) in [6.45, 7) is 7.38. The Kier molecular flexibility index (Phi) is 5.65. The third-order valence-corrected chi connectivity index (χ3v) is 2.78. The second kappa shape index (κ2) is 7.01. The van der Waals surface area contributed by atoms with Crippen molar-refractivity contribution in [3.05, 3.63) is 24.3 Å². The van der Waals surface area contributed by atoms with Gasteiger partial charge in [0.05, 0.1) is 6.61 Å². The van der Waals surface area contributed by atoms with Gasteiger partial charge in [-0.3, -0.25) is 4.79 Å². The molecule has 0 saturated heterocycles. The summed E-state index contributed by atoms with van der Waals surface area (Å²) in [7, 11) is 0. The fourth-order valence-corrected chi connectivity index (χ4v) is 1.63. The van der Waals surface area contributed by atoms with Crippen LogP contribution in [0, 0.1) is 5.92 Å². The molecule has 0 aliphatic carbocycles. The Bertz CT molecular complexity index is 374. The van der Waals surface area contributed by atoms with E-state index in [4.69, 9.17) is 5.11 Å². The van der Waals surface area contributed by atoms with Gasteiger partial charge in [0, 0.05) is 30.4 Å². The second-order valence-electron chi connectivity index (χ2n) is 4.49. The molecular weight excluding hydrogens is 228 g/mol. The van der Waals surface area contributed by atoms with Gasteiger partial charge in [0.15, 0.2) is 0 Å². The average molecular weight is 250 g/mol. The van der Waals surface area contributed by atoms with Crippen molar-refractivity contribution in [3.63, 3.8) is 0 Å². The van der Waals surface area contributed by atoms with Crippen LogP contribution in [0.5, 0.6) is 0 Å². The van der Waals surface area contributed by atoms with Gasteiger partial charge in [-0.25, -0.2) is 0 Å². The maximum atomic E-state index is 11.5. The summed E-state index contributed by atoms with van der Waals surface area (Å²) >= 11 is 0. The first kappa shape index (κ1) is 14.5. The molecule has 0 aliphatic rings. The number of aliphatic hydroxyl groups is 1. The van der Waals surface area contributed by atoms with E-state index in [9.17, 15) is 4.79 Å². The molecule has 18 heavy (non-hydrogen) atoms. The molecule has 0 atom stereocenters. The minimum atomic E-state index is -0.0220. The van der Waals surface area contributed by atoms with Crippen LogP contribution < -0.4 is 10.2 Å². The van der Waals surface area contributed by atoms with Gasteiger partial charge in [-0.15, -0.1) is 0 Å². The highest BCUT2D eigenvalue weighted by atomic mass is 16.3. The molecule has 0 spiro atoms. The topological polar surface area (TPSA) is 52.6 Å². The number of likely N-dealkylation sites (N-methyl/N-ethyl adjacent to an activating group) is 1. The second-order valence-corrected chi connectivity index (χ2v) is 4.49. The SMILES string of the molecule is CCN(CCO)c1ccc(NC(=O)C(C)C)cc1. The zero-order valence-electron chi connectivity index (χ0n) is 11.3. The predicted octanol–water partition coefficient (Wildman–Crippen LogP) is 2.10. The lowest BCUT2D eigenvalue weighted by molar-refractivity contribution is -0.118. The van der Waals surface area contributed by atoms with Gasteiger partial charge >= 0.3 is 0 Å². The van der Waals surface area contributed by atoms with Crippen molar-refractivity contribution in [2.45, 2.75) is 20.8 Å². The number of carbonyl (C=O) groups is 1. The molecule has 1 aromatic rings. The monoisotopic (exact) mass is 250 g/mol. The Labute approximate surface area is 109 Å². The van der Waals surface area contributed by atoms with Crippen LogP contribution in [0.25, 0.3) is 0 Å². The van der Waals surface area contributed by atoms with Gasteiger partial charge in [0.25, 0.3) is 0 Å². The van der Waals surface area contributed by atoms with Crippen LogP contribution in [-0.2, 0) is 4.79 Å². The van der Waals surface area contributed by atoms with Crippen molar-refractivity contribution >= 4 is 17.3 Å². The summed E-state index contributed by atoms with van der Waals surface area (Å²) in [6.07, 6.45) is 0. The third-order valence-electron chi connectivity index (χ3n) is 2.78. The number of hydrogen-bond acceptors (Lipinski definition) is 3. The maximum Gasteiger partial charge on any atom is 0.226 e. The molecule has 4 nitrogen and oxygen atoms in total. The Morgan fingerprint density at radius 2 is 1.94 bits per heavy atom. The quantitative estimate of drug-likeness (QED) is 0.813. The Morgan fingerprint density at radius 1 is 1.33 bits per heavy atom. The van der Waals surface area contributed by atoms with E-state index in [1.54, 1.807) is 0 Å². The first-order valence-electron chi connectivity index (χ1n) is 6.35. The lowest BCUT2D eigenvalue weighted by Crippen LogP contribution is -2.26. The summed E-state index contributed by atoms with van der Waals surface area (Å²) in [6, 6.07) is 7.68. The van der Waals surface area contributed by atoms with Gasteiger partial charge in [-0.05, 0) is 31.2 Å². The molecule has 0 fully saturated rings. The molecule has 1 rings (SSSR count). The molecule has 1 amide bonds. The molecule has 0 radical (unpaired) electrons. The summed E-state index contributed by atoms with van der Waals surface area (Å²) in [5.41, 5.74) is 1.85. The molecule has 0 unspecified atom stereocenters. The minimum Gasteiger partial charge on any atom is -0.395 e. The van der Waals surface area contributed by atoms with E-state index in [1.807, 2.05) is 45.0 Å². The van der Waals surface area contributed by atoms with Crippen molar-refractivity contribution in [3.8, 4) is 0 Å².